The van der Waals surface area contributed by atoms with Crippen LogP contribution in [0.4, 0.5) is 0 Å². The highest BCUT2D eigenvalue weighted by Gasteiger charge is 2.63. The molecule has 0 amide bonds. The lowest BCUT2D eigenvalue weighted by molar-refractivity contribution is -0.144. The number of hydrogen-bond donors (Lipinski definition) is 1. The van der Waals surface area contributed by atoms with E-state index in [1.165, 1.54) is 0 Å². The molecule has 1 aliphatic heterocycles. The van der Waals surface area contributed by atoms with Gasteiger partial charge in [-0.1, -0.05) is 11.8 Å². The van der Waals surface area contributed by atoms with Crippen LogP contribution in [0.5, 0.6) is 0 Å². The second-order valence-electron chi connectivity index (χ2n) is 5.73. The molecule has 0 aromatic carbocycles. The van der Waals surface area contributed by atoms with Crippen LogP contribution < -0.4 is 0 Å². The average Bonchev–Trinajstić information content (AvgIpc) is 2.93. The van der Waals surface area contributed by atoms with Gasteiger partial charge in [0.2, 0.25) is 0 Å². The Labute approximate surface area is 121 Å². The minimum atomic E-state index is -3.97. The summed E-state index contributed by atoms with van der Waals surface area (Å²) in [6.07, 6.45) is 1.93. The zero-order valence-electron chi connectivity index (χ0n) is 10.7. The summed E-state index contributed by atoms with van der Waals surface area (Å²) in [7, 11) is -3.97. The Balaban J connectivity index is 1.55. The van der Waals surface area contributed by atoms with Crippen molar-refractivity contribution in [1.82, 2.24) is 0 Å². The summed E-state index contributed by atoms with van der Waals surface area (Å²) >= 11 is 1.07. The fourth-order valence-corrected chi connectivity index (χ4v) is 5.55. The first-order valence-corrected chi connectivity index (χ1v) is 9.28. The van der Waals surface area contributed by atoms with Crippen molar-refractivity contribution in [1.29, 1.82) is 0 Å². The van der Waals surface area contributed by atoms with Gasteiger partial charge in [-0.05, 0) is 25.2 Å². The van der Waals surface area contributed by atoms with Crippen molar-refractivity contribution in [3.8, 4) is 0 Å². The molecular weight excluding hydrogens is 304 g/mol. The molecule has 3 fully saturated rings. The van der Waals surface area contributed by atoms with Crippen molar-refractivity contribution in [3.05, 3.63) is 0 Å². The lowest BCUT2D eigenvalue weighted by Crippen LogP contribution is -2.31. The standard InChI is InChI=1S/C12H16O6S2/c13-11-10-7-4-6(5-8(7)18-11)9(10)12(14)19-2-1-3-20(15,16)17/h6-10H,1-5H2,(H,15,16,17). The number of fused-ring (bicyclic) bond motifs is 1. The maximum absolute atomic E-state index is 12.2. The number of carbonyl (C=O) groups excluding carboxylic acids is 2. The van der Waals surface area contributed by atoms with Gasteiger partial charge in [-0.3, -0.25) is 14.1 Å². The zero-order chi connectivity index (χ0) is 14.5. The Morgan fingerprint density at radius 3 is 2.85 bits per heavy atom. The molecule has 3 aliphatic rings. The predicted octanol–water partition coefficient (Wildman–Crippen LogP) is 0.722. The molecule has 1 N–H and O–H groups in total. The Morgan fingerprint density at radius 1 is 1.40 bits per heavy atom. The van der Waals surface area contributed by atoms with Gasteiger partial charge in [-0.25, -0.2) is 0 Å². The van der Waals surface area contributed by atoms with E-state index in [2.05, 4.69) is 0 Å². The summed E-state index contributed by atoms with van der Waals surface area (Å²) in [6.45, 7) is 0. The second-order valence-corrected chi connectivity index (χ2v) is 8.40. The van der Waals surface area contributed by atoms with Crippen LogP contribution in [0.15, 0.2) is 0 Å². The molecule has 0 aromatic rings. The summed E-state index contributed by atoms with van der Waals surface area (Å²) in [5, 5.41) is -0.0323. The Kier molecular flexibility index (Phi) is 3.58. The third-order valence-electron chi connectivity index (χ3n) is 4.55. The first-order valence-electron chi connectivity index (χ1n) is 6.69. The number of rotatable bonds is 5. The molecular formula is C12H16O6S2. The fraction of sp³-hybridized carbons (Fsp3) is 0.833. The third-order valence-corrected chi connectivity index (χ3v) is 6.40. The van der Waals surface area contributed by atoms with Crippen LogP contribution in [0.1, 0.15) is 19.3 Å². The molecule has 6 nitrogen and oxygen atoms in total. The number of carbonyl (C=O) groups is 2. The van der Waals surface area contributed by atoms with E-state index in [0.29, 0.717) is 5.75 Å². The highest BCUT2D eigenvalue weighted by atomic mass is 32.2. The van der Waals surface area contributed by atoms with Crippen molar-refractivity contribution in [2.75, 3.05) is 11.5 Å². The molecule has 0 spiro atoms. The average molecular weight is 320 g/mol. The second kappa shape index (κ2) is 4.99. The molecule has 1 saturated heterocycles. The van der Waals surface area contributed by atoms with Crippen molar-refractivity contribution in [3.63, 3.8) is 0 Å². The zero-order valence-corrected chi connectivity index (χ0v) is 12.4. The van der Waals surface area contributed by atoms with Crippen LogP contribution in [-0.4, -0.2) is 41.7 Å². The monoisotopic (exact) mass is 320 g/mol. The number of ether oxygens (including phenoxy) is 1. The van der Waals surface area contributed by atoms with Gasteiger partial charge in [0.1, 0.15) is 6.10 Å². The van der Waals surface area contributed by atoms with Gasteiger partial charge < -0.3 is 4.74 Å². The first kappa shape index (κ1) is 14.3. The largest absolute Gasteiger partial charge is 0.462 e. The number of thioether (sulfide) groups is 1. The molecule has 5 unspecified atom stereocenters. The van der Waals surface area contributed by atoms with Crippen molar-refractivity contribution < 1.29 is 27.3 Å². The third kappa shape index (κ3) is 2.48. The first-order chi connectivity index (χ1) is 9.37. The highest BCUT2D eigenvalue weighted by molar-refractivity contribution is 8.13. The molecule has 2 aliphatic carbocycles. The van der Waals surface area contributed by atoms with Gasteiger partial charge in [0.05, 0.1) is 11.7 Å². The van der Waals surface area contributed by atoms with E-state index in [1.807, 2.05) is 0 Å². The van der Waals surface area contributed by atoms with Gasteiger partial charge in [0, 0.05) is 17.6 Å². The molecule has 2 saturated carbocycles. The van der Waals surface area contributed by atoms with E-state index in [9.17, 15) is 18.0 Å². The van der Waals surface area contributed by atoms with Gasteiger partial charge in [-0.2, -0.15) is 8.42 Å². The Hall–Kier alpha value is -0.600. The van der Waals surface area contributed by atoms with E-state index < -0.39 is 10.1 Å². The van der Waals surface area contributed by atoms with Gasteiger partial charge in [0.15, 0.2) is 5.12 Å². The molecule has 20 heavy (non-hydrogen) atoms. The van der Waals surface area contributed by atoms with Gasteiger partial charge in [-0.15, -0.1) is 0 Å². The molecule has 8 heteroatoms. The van der Waals surface area contributed by atoms with Crippen LogP contribution in [0.3, 0.4) is 0 Å². The molecule has 0 radical (unpaired) electrons. The normalized spacial score (nSPS) is 38.2. The SMILES string of the molecule is O=C(SCCCS(=O)(=O)O)C1C2CC3OC(=O)C1C3C2. The summed E-state index contributed by atoms with van der Waals surface area (Å²) in [6, 6.07) is 0. The maximum Gasteiger partial charge on any atom is 0.310 e. The molecule has 3 rings (SSSR count). The molecule has 0 aromatic heterocycles. The van der Waals surface area contributed by atoms with Crippen LogP contribution in [0.2, 0.25) is 0 Å². The molecule has 5 atom stereocenters. The van der Waals surface area contributed by atoms with E-state index in [-0.39, 0.29) is 53.0 Å². The van der Waals surface area contributed by atoms with E-state index >= 15 is 0 Å². The van der Waals surface area contributed by atoms with Crippen LogP contribution >= 0.6 is 11.8 Å². The molecule has 112 valence electrons. The van der Waals surface area contributed by atoms with Crippen molar-refractivity contribution in [2.45, 2.75) is 25.4 Å². The van der Waals surface area contributed by atoms with Gasteiger partial charge in [0.25, 0.3) is 10.1 Å². The van der Waals surface area contributed by atoms with Crippen LogP contribution in [0.25, 0.3) is 0 Å². The summed E-state index contributed by atoms with van der Waals surface area (Å²) in [5.41, 5.74) is 0. The van der Waals surface area contributed by atoms with Gasteiger partial charge >= 0.3 is 5.97 Å². The fourth-order valence-electron chi connectivity index (χ4n) is 3.84. The topological polar surface area (TPSA) is 97.7 Å². The molecule has 2 bridgehead atoms. The smallest absolute Gasteiger partial charge is 0.310 e. The quantitative estimate of drug-likeness (QED) is 0.453. The van der Waals surface area contributed by atoms with E-state index in [4.69, 9.17) is 9.29 Å². The molecule has 1 heterocycles. The van der Waals surface area contributed by atoms with E-state index in [1.54, 1.807) is 0 Å². The summed E-state index contributed by atoms with van der Waals surface area (Å²) in [4.78, 5) is 24.0. The summed E-state index contributed by atoms with van der Waals surface area (Å²) < 4.78 is 35.1. The van der Waals surface area contributed by atoms with E-state index in [0.717, 1.165) is 24.6 Å². The lowest BCUT2D eigenvalue weighted by Gasteiger charge is -2.22. The maximum atomic E-state index is 12.2. The predicted molar refractivity (Wildman–Crippen MR) is 71.6 cm³/mol. The van der Waals surface area contributed by atoms with Crippen LogP contribution in [-0.2, 0) is 24.4 Å². The number of hydrogen-bond acceptors (Lipinski definition) is 6. The lowest BCUT2D eigenvalue weighted by atomic mass is 9.81. The Morgan fingerprint density at radius 2 is 2.15 bits per heavy atom. The highest BCUT2D eigenvalue weighted by Crippen LogP contribution is 2.58. The van der Waals surface area contributed by atoms with Crippen molar-refractivity contribution >= 4 is 33.0 Å². The Bertz CT molecular complexity index is 540. The summed E-state index contributed by atoms with van der Waals surface area (Å²) in [5.74, 6) is -0.322. The van der Waals surface area contributed by atoms with Crippen molar-refractivity contribution in [2.24, 2.45) is 23.7 Å². The van der Waals surface area contributed by atoms with Crippen LogP contribution in [0, 0.1) is 23.7 Å². The minimum Gasteiger partial charge on any atom is -0.462 e. The number of esters is 1. The minimum absolute atomic E-state index is 0.0195.